The van der Waals surface area contributed by atoms with Crippen LogP contribution in [0.3, 0.4) is 0 Å². The van der Waals surface area contributed by atoms with Crippen molar-refractivity contribution in [2.45, 2.75) is 115 Å². The number of imidazole rings is 1. The van der Waals surface area contributed by atoms with Crippen LogP contribution in [0.5, 0.6) is 0 Å². The highest BCUT2D eigenvalue weighted by Crippen LogP contribution is 2.34. The van der Waals surface area contributed by atoms with Crippen molar-refractivity contribution in [1.82, 2.24) is 72.4 Å². The van der Waals surface area contributed by atoms with Gasteiger partial charge < -0.3 is 86.4 Å². The molecule has 78 heavy (non-hydrogen) atoms. The van der Waals surface area contributed by atoms with E-state index in [1.807, 2.05) is 0 Å². The number of nitrogens with two attached hydrogens (primary N) is 5. The number of halogens is 1. The van der Waals surface area contributed by atoms with E-state index in [1.165, 1.54) is 62.9 Å². The van der Waals surface area contributed by atoms with Crippen LogP contribution in [0.4, 0.5) is 5.82 Å². The first-order valence-electron chi connectivity index (χ1n) is 25.4. The monoisotopic (exact) mass is 1150 g/mol. The summed E-state index contributed by atoms with van der Waals surface area (Å²) in [5.74, 6) is -6.69. The molecular formula is C47H74ClN19O9S2. The zero-order valence-electron chi connectivity index (χ0n) is 44.0. The van der Waals surface area contributed by atoms with E-state index in [0.29, 0.717) is 38.8 Å². The van der Waals surface area contributed by atoms with E-state index in [0.717, 1.165) is 51.9 Å². The number of nitrogen functional groups attached to an aromatic ring is 1. The molecule has 4 heterocycles. The van der Waals surface area contributed by atoms with E-state index >= 15 is 0 Å². The lowest BCUT2D eigenvalue weighted by atomic mass is 9.96. The number of nitrogens with one attached hydrogen (secondary N) is 9. The zero-order chi connectivity index (χ0) is 57.5. The molecule has 0 aliphatic heterocycles. The third-order valence-electron chi connectivity index (χ3n) is 12.1. The first-order chi connectivity index (χ1) is 37.1. The summed E-state index contributed by atoms with van der Waals surface area (Å²) < 4.78 is 0.339. The van der Waals surface area contributed by atoms with Crippen molar-refractivity contribution >= 4 is 81.4 Å². The number of nitrogens with zero attached hydrogens (tertiary/aromatic N) is 5. The Hall–Kier alpha value is -6.35. The third-order valence-corrected chi connectivity index (χ3v) is 14.3. The number of anilines is 1. The lowest BCUT2D eigenvalue weighted by Gasteiger charge is -2.29. The number of primary amides is 2. The molecule has 8 atom stereocenters. The molecule has 7 amide bonds. The molecular weight excluding hydrogens is 1070 g/mol. The fourth-order valence-electron chi connectivity index (χ4n) is 7.45. The molecule has 28 nitrogen and oxygen atoms in total. The number of carbonyl (C=O) groups is 7. The Labute approximate surface area is 464 Å². The molecule has 0 aromatic carbocycles. The Kier molecular flexibility index (Phi) is 26.8. The van der Waals surface area contributed by atoms with Crippen molar-refractivity contribution in [1.29, 1.82) is 0 Å². The number of aromatic amines is 1. The fraction of sp³-hybridized carbons (Fsp3) is 0.574. The molecule has 0 unspecified atom stereocenters. The Morgan fingerprint density at radius 3 is 2.15 bits per heavy atom. The number of thiazole rings is 2. The van der Waals surface area contributed by atoms with Gasteiger partial charge >= 0.3 is 0 Å². The van der Waals surface area contributed by atoms with Crippen molar-refractivity contribution < 1.29 is 43.8 Å². The van der Waals surface area contributed by atoms with Crippen molar-refractivity contribution in [2.75, 3.05) is 58.1 Å². The molecule has 0 bridgehead atoms. The van der Waals surface area contributed by atoms with Gasteiger partial charge in [-0.2, -0.15) is 0 Å². The summed E-state index contributed by atoms with van der Waals surface area (Å²) in [5.41, 5.74) is 29.0. The molecule has 4 rings (SSSR count). The summed E-state index contributed by atoms with van der Waals surface area (Å²) in [5, 5.41) is 47.4. The molecule has 0 fully saturated rings. The van der Waals surface area contributed by atoms with E-state index in [-0.39, 0.29) is 66.9 Å². The van der Waals surface area contributed by atoms with Gasteiger partial charge in [-0.25, -0.2) is 24.9 Å². The minimum absolute atomic E-state index is 0.0392. The van der Waals surface area contributed by atoms with Crippen LogP contribution in [0, 0.1) is 12.8 Å². The number of rotatable bonds is 36. The van der Waals surface area contributed by atoms with Crippen molar-refractivity contribution in [2.24, 2.45) is 28.9 Å². The topological polar surface area (TPSA) is 467 Å². The van der Waals surface area contributed by atoms with Crippen LogP contribution in [0.15, 0.2) is 17.9 Å². The molecule has 0 saturated heterocycles. The number of aliphatic hydroxyl groups excluding tert-OH is 2. The number of aliphatic hydroxyl groups is 2. The number of aromatic nitrogens is 6. The highest BCUT2D eigenvalue weighted by atomic mass is 35.5. The first kappa shape index (κ1) is 64.2. The summed E-state index contributed by atoms with van der Waals surface area (Å²) in [7, 11) is 0. The highest BCUT2D eigenvalue weighted by Gasteiger charge is 2.35. The van der Waals surface area contributed by atoms with E-state index in [2.05, 4.69) is 72.4 Å². The number of H-pyrrole nitrogens is 1. The molecule has 4 aromatic rings. The molecule has 31 heteroatoms. The summed E-state index contributed by atoms with van der Waals surface area (Å²) in [4.78, 5) is 115. The molecule has 0 saturated carbocycles. The molecule has 0 aliphatic rings. The van der Waals surface area contributed by atoms with Gasteiger partial charge in [-0.15, -0.1) is 22.7 Å². The normalized spacial score (nSPS) is 14.5. The SMILES string of the molecule is Cc1c(N)nc([C@H](CC(N)=O)NC[C@H](N)C(N)=O)nc1C(=O)N[C@@H](Cc1cnc[nH]1)C(=O)N[C@H](C)[C@@H](O)[C@H](C)C(=O)N[C@H](C(=O)NCCc1nc(-c2nc(C(=O)NCCCNCCCCNCCCN)cs2)c(Cl)s1)[C@@H](C)O. The van der Waals surface area contributed by atoms with E-state index in [4.69, 9.17) is 40.3 Å². The van der Waals surface area contributed by atoms with Gasteiger partial charge in [0, 0.05) is 61.7 Å². The fourth-order valence-corrected chi connectivity index (χ4v) is 9.55. The average Bonchev–Trinajstić information content (AvgIpc) is 4.19. The van der Waals surface area contributed by atoms with Gasteiger partial charge in [0.1, 0.15) is 50.2 Å². The predicted molar refractivity (Wildman–Crippen MR) is 293 cm³/mol. The van der Waals surface area contributed by atoms with Crippen LogP contribution < -0.4 is 71.2 Å². The van der Waals surface area contributed by atoms with Crippen LogP contribution in [0.25, 0.3) is 10.7 Å². The van der Waals surface area contributed by atoms with Crippen molar-refractivity contribution in [3.8, 4) is 10.7 Å². The molecule has 0 radical (unpaired) electrons. The quantitative estimate of drug-likeness (QED) is 0.0204. The van der Waals surface area contributed by atoms with Crippen molar-refractivity contribution in [3.63, 3.8) is 0 Å². The molecule has 0 aliphatic carbocycles. The van der Waals surface area contributed by atoms with Crippen LogP contribution >= 0.6 is 34.3 Å². The average molecular weight is 1150 g/mol. The molecule has 0 spiro atoms. The Morgan fingerprint density at radius 1 is 0.821 bits per heavy atom. The molecule has 21 N–H and O–H groups in total. The summed E-state index contributed by atoms with van der Waals surface area (Å²) in [6, 6.07) is -6.13. The number of amides is 7. The summed E-state index contributed by atoms with van der Waals surface area (Å²) in [6.07, 6.45) is 3.41. The first-order valence-corrected chi connectivity index (χ1v) is 27.4. The van der Waals surface area contributed by atoms with Gasteiger partial charge in [0.05, 0.1) is 47.6 Å². The maximum Gasteiger partial charge on any atom is 0.271 e. The van der Waals surface area contributed by atoms with Gasteiger partial charge in [0.25, 0.3) is 11.8 Å². The highest BCUT2D eigenvalue weighted by molar-refractivity contribution is 7.17. The van der Waals surface area contributed by atoms with E-state index < -0.39 is 83.8 Å². The third kappa shape index (κ3) is 20.5. The maximum atomic E-state index is 13.9. The van der Waals surface area contributed by atoms with E-state index in [1.54, 1.807) is 5.38 Å². The summed E-state index contributed by atoms with van der Waals surface area (Å²) in [6.45, 7) is 10.1. The molecule has 4 aromatic heterocycles. The Bertz CT molecular complexity index is 2610. The maximum absolute atomic E-state index is 13.9. The lowest BCUT2D eigenvalue weighted by Crippen LogP contribution is -2.57. The number of carbonyl (C=O) groups excluding carboxylic acids is 7. The predicted octanol–water partition coefficient (Wildman–Crippen LogP) is -2.86. The van der Waals surface area contributed by atoms with Gasteiger partial charge in [0.2, 0.25) is 29.5 Å². The number of hydrogen-bond donors (Lipinski definition) is 16. The van der Waals surface area contributed by atoms with Gasteiger partial charge in [-0.3, -0.25) is 33.6 Å². The van der Waals surface area contributed by atoms with Crippen LogP contribution in [-0.2, 0) is 36.8 Å². The minimum Gasteiger partial charge on any atom is -0.391 e. The Balaban J connectivity index is 1.30. The van der Waals surface area contributed by atoms with Gasteiger partial charge in [0.15, 0.2) is 0 Å². The number of hydrogen-bond acceptors (Lipinski definition) is 22. The second-order valence-corrected chi connectivity index (χ2v) is 21.0. The van der Waals surface area contributed by atoms with Gasteiger partial charge in [-0.05, 0) is 79.2 Å². The van der Waals surface area contributed by atoms with Crippen LogP contribution in [-0.4, -0.2) is 170 Å². The van der Waals surface area contributed by atoms with Crippen LogP contribution in [0.2, 0.25) is 4.34 Å². The standard InChI is InChI=1S/C47H74ClN19O9S2/c1-23-34(65-41(67-39(23)52)29(18-32(51)69)59-20-28(50)40(53)71)46(76)62-30(17-27-19-56-22-60-27)44(74)61-25(3)37(70)24(2)42(72)66-35(26(4)68)45(75)58-16-9-33-64-36(38(48)78-33)47-63-31(21-77-47)43(73)57-15-8-14-55-12-6-5-11-54-13-7-10-49/h19,21-22,24-26,28-30,35,37,54-55,59,68,70H,5-18,20,49-50H2,1-4H3,(H2,51,69)(H2,53,71)(H,56,60)(H,57,73)(H,58,75)(H,61,74)(H,62,76)(H,66,72)(H2,52,65,67)/t24-,25+,26+,28-,29-,30-,35-,37-/m0/s1. The van der Waals surface area contributed by atoms with E-state index in [9.17, 15) is 43.8 Å². The number of unbranched alkanes of at least 4 members (excludes halogenated alkanes) is 1. The largest absolute Gasteiger partial charge is 0.391 e. The molecule has 430 valence electrons. The summed E-state index contributed by atoms with van der Waals surface area (Å²) >= 11 is 8.93. The zero-order valence-corrected chi connectivity index (χ0v) is 46.4. The van der Waals surface area contributed by atoms with Gasteiger partial charge in [-0.1, -0.05) is 18.5 Å². The lowest BCUT2D eigenvalue weighted by molar-refractivity contribution is -0.136. The van der Waals surface area contributed by atoms with Crippen LogP contribution in [0.1, 0.15) is 102 Å². The van der Waals surface area contributed by atoms with Crippen molar-refractivity contribution in [3.05, 3.63) is 55.7 Å². The smallest absolute Gasteiger partial charge is 0.271 e. The Morgan fingerprint density at radius 2 is 1.51 bits per heavy atom. The second-order valence-electron chi connectivity index (χ2n) is 18.5. The minimum atomic E-state index is -1.56. The second kappa shape index (κ2) is 32.5.